The Kier molecular flexibility index (Phi) is 3.57. The molecule has 3 aromatic rings. The van der Waals surface area contributed by atoms with Crippen molar-refractivity contribution in [3.63, 3.8) is 0 Å². The van der Waals surface area contributed by atoms with E-state index in [0.717, 1.165) is 35.3 Å². The third-order valence-electron chi connectivity index (χ3n) is 5.66. The summed E-state index contributed by atoms with van der Waals surface area (Å²) < 4.78 is 29.7. The second kappa shape index (κ2) is 5.77. The average molecular weight is 383 g/mol. The average Bonchev–Trinajstić information content (AvgIpc) is 3.37. The number of aryl methyl sites for hydroxylation is 2. The largest absolute Gasteiger partial charge is 0.297 e. The van der Waals surface area contributed by atoms with E-state index in [9.17, 15) is 8.42 Å². The van der Waals surface area contributed by atoms with E-state index < -0.39 is 9.84 Å². The van der Waals surface area contributed by atoms with Crippen molar-refractivity contribution in [1.29, 1.82) is 0 Å². The van der Waals surface area contributed by atoms with Crippen LogP contribution in [0.4, 0.5) is 0 Å². The fourth-order valence-corrected chi connectivity index (χ4v) is 6.61. The van der Waals surface area contributed by atoms with Gasteiger partial charge >= 0.3 is 0 Å². The zero-order valence-corrected chi connectivity index (χ0v) is 16.1. The topological polar surface area (TPSA) is 73.0 Å². The summed E-state index contributed by atoms with van der Waals surface area (Å²) in [7, 11) is 0.491. The molecule has 2 aliphatic heterocycles. The molecule has 0 bridgehead atoms. The van der Waals surface area contributed by atoms with E-state index in [1.54, 1.807) is 15.4 Å². The van der Waals surface area contributed by atoms with Gasteiger partial charge in [0.25, 0.3) is 0 Å². The summed E-state index contributed by atoms with van der Waals surface area (Å²) in [5, 5.41) is 8.08. The molecule has 0 amide bonds. The number of sulfone groups is 1. The smallest absolute Gasteiger partial charge is 0.183 e. The van der Waals surface area contributed by atoms with Gasteiger partial charge in [-0.2, -0.15) is 10.2 Å². The molecule has 0 saturated carbocycles. The number of fused-ring (bicyclic) bond motifs is 3. The fourth-order valence-electron chi connectivity index (χ4n) is 4.42. The van der Waals surface area contributed by atoms with Crippen molar-refractivity contribution >= 4 is 9.84 Å². The zero-order valence-electron chi connectivity index (χ0n) is 15.3. The molecule has 27 heavy (non-hydrogen) atoms. The summed E-state index contributed by atoms with van der Waals surface area (Å²) in [4.78, 5) is 2.73. The molecule has 2 atom stereocenters. The molecular formula is C19H21N5O2S. The van der Waals surface area contributed by atoms with Crippen LogP contribution >= 0.6 is 0 Å². The standard InChI is InChI=1S/C19H21N5O2S/c1-22-8-13(6-20-22)9-24-11-17-16-5-14(15-7-21-23(2)10-15)3-4-18(16)27(25,26)19(17)12-24/h3-8,10,17,19H,9,11-12H2,1-2H3. The van der Waals surface area contributed by atoms with Crippen molar-refractivity contribution in [1.82, 2.24) is 24.5 Å². The van der Waals surface area contributed by atoms with Crippen LogP contribution in [-0.2, 0) is 30.5 Å². The SMILES string of the molecule is Cn1cc(CN2CC3c4cc(-c5cnn(C)c5)ccc4S(=O)(=O)C3C2)cn1. The van der Waals surface area contributed by atoms with Crippen molar-refractivity contribution in [3.05, 3.63) is 54.1 Å². The molecule has 0 N–H and O–H groups in total. The van der Waals surface area contributed by atoms with Crippen molar-refractivity contribution in [2.75, 3.05) is 13.1 Å². The Morgan fingerprint density at radius 1 is 1.04 bits per heavy atom. The van der Waals surface area contributed by atoms with Gasteiger partial charge in [-0.05, 0) is 23.3 Å². The minimum absolute atomic E-state index is 0.0262. The first-order valence-electron chi connectivity index (χ1n) is 8.98. The summed E-state index contributed by atoms with van der Waals surface area (Å²) in [6, 6.07) is 5.71. The molecule has 7 nitrogen and oxygen atoms in total. The second-order valence-electron chi connectivity index (χ2n) is 7.56. The van der Waals surface area contributed by atoms with Gasteiger partial charge in [0.1, 0.15) is 0 Å². The van der Waals surface area contributed by atoms with Gasteiger partial charge in [-0.3, -0.25) is 14.3 Å². The molecule has 5 rings (SSSR count). The van der Waals surface area contributed by atoms with Crippen LogP contribution in [0.25, 0.3) is 11.1 Å². The molecule has 0 spiro atoms. The van der Waals surface area contributed by atoms with Gasteiger partial charge in [-0.15, -0.1) is 0 Å². The Hall–Kier alpha value is -2.45. The van der Waals surface area contributed by atoms with Crippen LogP contribution in [0, 0.1) is 0 Å². The first-order valence-corrected chi connectivity index (χ1v) is 10.5. The van der Waals surface area contributed by atoms with Gasteiger partial charge in [0, 0.05) is 63.2 Å². The lowest BCUT2D eigenvalue weighted by Gasteiger charge is -2.16. The van der Waals surface area contributed by atoms with Crippen LogP contribution in [0.3, 0.4) is 0 Å². The van der Waals surface area contributed by atoms with E-state index in [1.807, 2.05) is 51.0 Å². The highest BCUT2D eigenvalue weighted by molar-refractivity contribution is 7.92. The van der Waals surface area contributed by atoms with E-state index >= 15 is 0 Å². The van der Waals surface area contributed by atoms with Crippen LogP contribution in [0.1, 0.15) is 17.0 Å². The molecule has 2 aliphatic rings. The van der Waals surface area contributed by atoms with Crippen LogP contribution in [0.2, 0.25) is 0 Å². The van der Waals surface area contributed by atoms with Crippen LogP contribution < -0.4 is 0 Å². The Labute approximate surface area is 158 Å². The lowest BCUT2D eigenvalue weighted by Crippen LogP contribution is -2.25. The third kappa shape index (κ3) is 2.62. The second-order valence-corrected chi connectivity index (χ2v) is 9.70. The molecule has 1 fully saturated rings. The number of benzene rings is 1. The number of hydrogen-bond donors (Lipinski definition) is 0. The summed E-state index contributed by atoms with van der Waals surface area (Å²) in [5.41, 5.74) is 4.09. The molecule has 0 radical (unpaired) electrons. The monoisotopic (exact) mass is 383 g/mol. The van der Waals surface area contributed by atoms with Gasteiger partial charge < -0.3 is 0 Å². The summed E-state index contributed by atoms with van der Waals surface area (Å²) in [5.74, 6) is 0.0262. The molecule has 0 aliphatic carbocycles. The van der Waals surface area contributed by atoms with Gasteiger partial charge in [-0.25, -0.2) is 8.42 Å². The van der Waals surface area contributed by atoms with Crippen LogP contribution in [-0.4, -0.2) is 51.2 Å². The molecule has 1 saturated heterocycles. The van der Waals surface area contributed by atoms with Crippen LogP contribution in [0.5, 0.6) is 0 Å². The number of rotatable bonds is 3. The minimum Gasteiger partial charge on any atom is -0.297 e. The Bertz CT molecular complexity index is 1130. The number of nitrogens with zero attached hydrogens (tertiary/aromatic N) is 5. The highest BCUT2D eigenvalue weighted by Gasteiger charge is 2.50. The lowest BCUT2D eigenvalue weighted by atomic mass is 9.95. The summed E-state index contributed by atoms with van der Waals surface area (Å²) in [6.45, 7) is 2.05. The molecule has 2 unspecified atom stereocenters. The summed E-state index contributed by atoms with van der Waals surface area (Å²) in [6.07, 6.45) is 7.59. The highest BCUT2D eigenvalue weighted by atomic mass is 32.2. The third-order valence-corrected chi connectivity index (χ3v) is 7.92. The van der Waals surface area contributed by atoms with Crippen molar-refractivity contribution in [2.45, 2.75) is 22.6 Å². The quantitative estimate of drug-likeness (QED) is 0.687. The molecule has 4 heterocycles. The van der Waals surface area contributed by atoms with Gasteiger partial charge in [0.15, 0.2) is 9.84 Å². The number of likely N-dealkylation sites (tertiary alicyclic amines) is 1. The maximum atomic E-state index is 13.1. The van der Waals surface area contributed by atoms with Crippen molar-refractivity contribution in [2.24, 2.45) is 14.1 Å². The first kappa shape index (κ1) is 16.7. The minimum atomic E-state index is -3.28. The van der Waals surface area contributed by atoms with E-state index in [0.29, 0.717) is 11.4 Å². The number of hydrogen-bond acceptors (Lipinski definition) is 5. The Morgan fingerprint density at radius 2 is 1.81 bits per heavy atom. The molecule has 1 aromatic carbocycles. The Balaban J connectivity index is 1.48. The number of aromatic nitrogens is 4. The predicted molar refractivity (Wildman–Crippen MR) is 101 cm³/mol. The van der Waals surface area contributed by atoms with E-state index in [-0.39, 0.29) is 11.2 Å². The first-order chi connectivity index (χ1) is 12.9. The van der Waals surface area contributed by atoms with Gasteiger partial charge in [-0.1, -0.05) is 6.07 Å². The lowest BCUT2D eigenvalue weighted by molar-refractivity contribution is 0.325. The van der Waals surface area contributed by atoms with E-state index in [1.165, 1.54) is 0 Å². The van der Waals surface area contributed by atoms with Crippen molar-refractivity contribution in [3.8, 4) is 11.1 Å². The van der Waals surface area contributed by atoms with E-state index in [4.69, 9.17) is 0 Å². The zero-order chi connectivity index (χ0) is 18.8. The normalized spacial score (nSPS) is 23.5. The van der Waals surface area contributed by atoms with Crippen LogP contribution in [0.15, 0.2) is 47.9 Å². The van der Waals surface area contributed by atoms with Gasteiger partial charge in [0.05, 0.1) is 22.5 Å². The molecular weight excluding hydrogens is 362 g/mol. The maximum absolute atomic E-state index is 13.1. The van der Waals surface area contributed by atoms with Crippen molar-refractivity contribution < 1.29 is 8.42 Å². The van der Waals surface area contributed by atoms with Gasteiger partial charge in [0.2, 0.25) is 0 Å². The fraction of sp³-hybridized carbons (Fsp3) is 0.368. The molecule has 2 aromatic heterocycles. The highest BCUT2D eigenvalue weighted by Crippen LogP contribution is 2.46. The molecule has 8 heteroatoms. The van der Waals surface area contributed by atoms with E-state index in [2.05, 4.69) is 15.1 Å². The predicted octanol–water partition coefficient (Wildman–Crippen LogP) is 1.58. The molecule has 140 valence electrons. The Morgan fingerprint density at radius 3 is 2.52 bits per heavy atom. The summed E-state index contributed by atoms with van der Waals surface area (Å²) >= 11 is 0. The maximum Gasteiger partial charge on any atom is 0.183 e.